The van der Waals surface area contributed by atoms with Gasteiger partial charge in [0, 0.05) is 17.9 Å². The summed E-state index contributed by atoms with van der Waals surface area (Å²) in [6, 6.07) is 18.0. The molecule has 0 saturated heterocycles. The van der Waals surface area contributed by atoms with Crippen LogP contribution in [0.15, 0.2) is 54.6 Å². The molecule has 110 valence electrons. The van der Waals surface area contributed by atoms with Crippen LogP contribution in [0.1, 0.15) is 19.4 Å². The minimum atomic E-state index is 0.0154. The van der Waals surface area contributed by atoms with Crippen molar-refractivity contribution in [2.45, 2.75) is 20.3 Å². The van der Waals surface area contributed by atoms with Crippen molar-refractivity contribution in [2.75, 3.05) is 23.3 Å². The van der Waals surface area contributed by atoms with Crippen LogP contribution in [0.3, 0.4) is 0 Å². The maximum Gasteiger partial charge on any atom is 0.243 e. The number of rotatable bonds is 6. The van der Waals surface area contributed by atoms with Crippen LogP contribution in [0.5, 0.6) is 0 Å². The van der Waals surface area contributed by atoms with Gasteiger partial charge in [-0.25, -0.2) is 0 Å². The van der Waals surface area contributed by atoms with Crippen LogP contribution in [-0.2, 0) is 11.2 Å². The van der Waals surface area contributed by atoms with Crippen molar-refractivity contribution >= 4 is 17.3 Å². The molecule has 0 saturated carbocycles. The van der Waals surface area contributed by atoms with Crippen molar-refractivity contribution in [3.05, 3.63) is 60.2 Å². The monoisotopic (exact) mass is 282 g/mol. The SMILES string of the molecule is CCc1ccccc1NC(=O)CN(CC)c1ccccc1. The second-order valence-corrected chi connectivity index (χ2v) is 4.91. The van der Waals surface area contributed by atoms with Gasteiger partial charge in [0.1, 0.15) is 0 Å². The zero-order valence-corrected chi connectivity index (χ0v) is 12.7. The van der Waals surface area contributed by atoms with E-state index in [0.29, 0.717) is 6.54 Å². The molecule has 1 amide bonds. The van der Waals surface area contributed by atoms with Gasteiger partial charge >= 0.3 is 0 Å². The molecule has 1 N–H and O–H groups in total. The average Bonchev–Trinajstić information content (AvgIpc) is 2.54. The highest BCUT2D eigenvalue weighted by molar-refractivity contribution is 5.94. The fraction of sp³-hybridized carbons (Fsp3) is 0.278. The van der Waals surface area contributed by atoms with Crippen molar-refractivity contribution in [3.63, 3.8) is 0 Å². The number of amides is 1. The predicted octanol–water partition coefficient (Wildman–Crippen LogP) is 3.71. The lowest BCUT2D eigenvalue weighted by Crippen LogP contribution is -2.33. The van der Waals surface area contributed by atoms with Crippen LogP contribution in [0.25, 0.3) is 0 Å². The number of benzene rings is 2. The van der Waals surface area contributed by atoms with Gasteiger partial charge in [0.25, 0.3) is 0 Å². The van der Waals surface area contributed by atoms with E-state index in [4.69, 9.17) is 0 Å². The number of anilines is 2. The van der Waals surface area contributed by atoms with Crippen LogP contribution < -0.4 is 10.2 Å². The van der Waals surface area contributed by atoms with Gasteiger partial charge in [0.15, 0.2) is 0 Å². The first kappa shape index (κ1) is 15.1. The fourth-order valence-electron chi connectivity index (χ4n) is 2.34. The molecule has 0 radical (unpaired) electrons. The van der Waals surface area contributed by atoms with Crippen molar-refractivity contribution in [1.82, 2.24) is 0 Å². The summed E-state index contributed by atoms with van der Waals surface area (Å²) >= 11 is 0. The third-order valence-corrected chi connectivity index (χ3v) is 3.51. The average molecular weight is 282 g/mol. The first-order chi connectivity index (χ1) is 10.2. The zero-order chi connectivity index (χ0) is 15.1. The van der Waals surface area contributed by atoms with E-state index in [1.165, 1.54) is 0 Å². The summed E-state index contributed by atoms with van der Waals surface area (Å²) in [4.78, 5) is 14.3. The molecule has 2 aromatic rings. The molecule has 0 unspecified atom stereocenters. The van der Waals surface area contributed by atoms with Gasteiger partial charge in [-0.3, -0.25) is 4.79 Å². The molecule has 21 heavy (non-hydrogen) atoms. The number of aryl methyl sites for hydroxylation is 1. The molecule has 0 aliphatic heterocycles. The molecule has 0 aromatic heterocycles. The minimum absolute atomic E-state index is 0.0154. The quantitative estimate of drug-likeness (QED) is 0.876. The highest BCUT2D eigenvalue weighted by Gasteiger charge is 2.11. The second kappa shape index (κ2) is 7.48. The Labute approximate surface area is 126 Å². The summed E-state index contributed by atoms with van der Waals surface area (Å²) in [7, 11) is 0. The van der Waals surface area contributed by atoms with Gasteiger partial charge in [-0.05, 0) is 37.1 Å². The zero-order valence-electron chi connectivity index (χ0n) is 12.7. The summed E-state index contributed by atoms with van der Waals surface area (Å²) < 4.78 is 0. The van der Waals surface area contributed by atoms with Crippen LogP contribution in [-0.4, -0.2) is 19.0 Å². The third-order valence-electron chi connectivity index (χ3n) is 3.51. The standard InChI is InChI=1S/C18H22N2O/c1-3-15-10-8-9-13-17(15)19-18(21)14-20(4-2)16-11-6-5-7-12-16/h5-13H,3-4,14H2,1-2H3,(H,19,21). The largest absolute Gasteiger partial charge is 0.362 e. The van der Waals surface area contributed by atoms with Crippen LogP contribution in [0, 0.1) is 0 Å². The van der Waals surface area contributed by atoms with Gasteiger partial charge in [-0.1, -0.05) is 43.3 Å². The Kier molecular flexibility index (Phi) is 5.38. The van der Waals surface area contributed by atoms with Crippen molar-refractivity contribution in [2.24, 2.45) is 0 Å². The molecule has 0 bridgehead atoms. The molecule has 3 heteroatoms. The predicted molar refractivity (Wildman–Crippen MR) is 88.8 cm³/mol. The Morgan fingerprint density at radius 1 is 1.00 bits per heavy atom. The van der Waals surface area contributed by atoms with E-state index in [9.17, 15) is 4.79 Å². The number of para-hydroxylation sites is 2. The lowest BCUT2D eigenvalue weighted by atomic mass is 10.1. The maximum absolute atomic E-state index is 12.3. The van der Waals surface area contributed by atoms with Crippen molar-refractivity contribution < 1.29 is 4.79 Å². The normalized spacial score (nSPS) is 10.2. The molecule has 2 aromatic carbocycles. The highest BCUT2D eigenvalue weighted by Crippen LogP contribution is 2.16. The first-order valence-corrected chi connectivity index (χ1v) is 7.42. The van der Waals surface area contributed by atoms with Crippen LogP contribution in [0.4, 0.5) is 11.4 Å². The Morgan fingerprint density at radius 2 is 1.67 bits per heavy atom. The molecule has 0 atom stereocenters. The fourth-order valence-corrected chi connectivity index (χ4v) is 2.34. The molecular formula is C18H22N2O. The van der Waals surface area contributed by atoms with Crippen LogP contribution >= 0.6 is 0 Å². The van der Waals surface area contributed by atoms with Gasteiger partial charge in [-0.15, -0.1) is 0 Å². The summed E-state index contributed by atoms with van der Waals surface area (Å²) in [5, 5.41) is 3.02. The lowest BCUT2D eigenvalue weighted by molar-refractivity contribution is -0.115. The van der Waals surface area contributed by atoms with Gasteiger partial charge in [0.2, 0.25) is 5.91 Å². The number of likely N-dealkylation sites (N-methyl/N-ethyl adjacent to an activating group) is 1. The Hall–Kier alpha value is -2.29. The summed E-state index contributed by atoms with van der Waals surface area (Å²) in [6.07, 6.45) is 0.909. The molecule has 3 nitrogen and oxygen atoms in total. The third kappa shape index (κ3) is 4.09. The number of nitrogens with one attached hydrogen (secondary N) is 1. The molecule has 0 spiro atoms. The molecule has 0 heterocycles. The summed E-state index contributed by atoms with van der Waals surface area (Å²) in [6.45, 7) is 5.30. The molecule has 0 aliphatic rings. The molecular weight excluding hydrogens is 260 g/mol. The summed E-state index contributed by atoms with van der Waals surface area (Å²) in [5.41, 5.74) is 3.14. The Bertz CT molecular complexity index is 581. The Morgan fingerprint density at radius 3 is 2.33 bits per heavy atom. The number of carbonyl (C=O) groups excluding carboxylic acids is 1. The smallest absolute Gasteiger partial charge is 0.243 e. The lowest BCUT2D eigenvalue weighted by Gasteiger charge is -2.22. The minimum Gasteiger partial charge on any atom is -0.362 e. The molecule has 2 rings (SSSR count). The van der Waals surface area contributed by atoms with Gasteiger partial charge < -0.3 is 10.2 Å². The van der Waals surface area contributed by atoms with Crippen molar-refractivity contribution in [1.29, 1.82) is 0 Å². The maximum atomic E-state index is 12.3. The van der Waals surface area contributed by atoms with E-state index in [0.717, 1.165) is 29.9 Å². The van der Waals surface area contributed by atoms with E-state index in [1.54, 1.807) is 0 Å². The van der Waals surface area contributed by atoms with Gasteiger partial charge in [-0.2, -0.15) is 0 Å². The topological polar surface area (TPSA) is 32.3 Å². The second-order valence-electron chi connectivity index (χ2n) is 4.91. The van der Waals surface area contributed by atoms with E-state index >= 15 is 0 Å². The first-order valence-electron chi connectivity index (χ1n) is 7.42. The van der Waals surface area contributed by atoms with E-state index < -0.39 is 0 Å². The van der Waals surface area contributed by atoms with Crippen molar-refractivity contribution in [3.8, 4) is 0 Å². The van der Waals surface area contributed by atoms with E-state index in [2.05, 4.69) is 24.1 Å². The number of carbonyl (C=O) groups is 1. The van der Waals surface area contributed by atoms with E-state index in [-0.39, 0.29) is 5.91 Å². The highest BCUT2D eigenvalue weighted by atomic mass is 16.2. The number of hydrogen-bond donors (Lipinski definition) is 1. The van der Waals surface area contributed by atoms with Crippen LogP contribution in [0.2, 0.25) is 0 Å². The molecule has 0 fully saturated rings. The summed E-state index contributed by atoms with van der Waals surface area (Å²) in [5.74, 6) is 0.0154. The van der Waals surface area contributed by atoms with Gasteiger partial charge in [0.05, 0.1) is 6.54 Å². The number of nitrogens with zero attached hydrogens (tertiary/aromatic N) is 1. The molecule has 0 aliphatic carbocycles. The van der Waals surface area contributed by atoms with E-state index in [1.807, 2.05) is 54.6 Å². The Balaban J connectivity index is 2.03. The number of hydrogen-bond acceptors (Lipinski definition) is 2.